The third-order valence-electron chi connectivity index (χ3n) is 3.51. The maximum absolute atomic E-state index is 6.30. The summed E-state index contributed by atoms with van der Waals surface area (Å²) in [5.74, 6) is 1.75. The first kappa shape index (κ1) is 14.0. The molecule has 0 saturated carbocycles. The van der Waals surface area contributed by atoms with Crippen LogP contribution in [0.4, 0.5) is 0 Å². The molecule has 0 amide bonds. The lowest BCUT2D eigenvalue weighted by Gasteiger charge is -2.11. The van der Waals surface area contributed by atoms with E-state index in [1.807, 2.05) is 43.3 Å². The first-order valence-electron chi connectivity index (χ1n) is 6.91. The first-order chi connectivity index (χ1) is 10.2. The van der Waals surface area contributed by atoms with Gasteiger partial charge in [0.15, 0.2) is 0 Å². The molecule has 0 N–H and O–H groups in total. The van der Waals surface area contributed by atoms with Crippen LogP contribution in [-0.2, 0) is 6.54 Å². The summed E-state index contributed by atoms with van der Waals surface area (Å²) in [5.41, 5.74) is 3.24. The lowest BCUT2D eigenvalue weighted by atomic mass is 10.2. The number of imidazole rings is 1. The van der Waals surface area contributed by atoms with Gasteiger partial charge < -0.3 is 9.30 Å². The molecule has 0 fully saturated rings. The molecule has 3 aromatic rings. The minimum absolute atomic E-state index is 0.136. The molecule has 1 aromatic heterocycles. The second-order valence-electron chi connectivity index (χ2n) is 5.01. The van der Waals surface area contributed by atoms with Crippen molar-refractivity contribution in [2.45, 2.75) is 18.8 Å². The molecule has 108 valence electrons. The molecule has 0 saturated heterocycles. The van der Waals surface area contributed by atoms with E-state index in [-0.39, 0.29) is 5.38 Å². The highest BCUT2D eigenvalue weighted by Crippen LogP contribution is 2.26. The number of halogens is 1. The zero-order valence-electron chi connectivity index (χ0n) is 12.1. The van der Waals surface area contributed by atoms with E-state index < -0.39 is 0 Å². The third-order valence-corrected chi connectivity index (χ3v) is 3.71. The van der Waals surface area contributed by atoms with Gasteiger partial charge in [-0.3, -0.25) is 0 Å². The Hall–Kier alpha value is -2.00. The number of hydrogen-bond donors (Lipinski definition) is 0. The maximum Gasteiger partial charge on any atom is 0.128 e. The van der Waals surface area contributed by atoms with Crippen LogP contribution < -0.4 is 4.74 Å². The fourth-order valence-corrected chi connectivity index (χ4v) is 2.68. The van der Waals surface area contributed by atoms with Gasteiger partial charge >= 0.3 is 0 Å². The molecule has 1 heterocycles. The zero-order chi connectivity index (χ0) is 14.8. The third kappa shape index (κ3) is 2.74. The molecule has 2 aromatic carbocycles. The second kappa shape index (κ2) is 5.78. The lowest BCUT2D eigenvalue weighted by molar-refractivity contribution is 0.414. The molecule has 3 nitrogen and oxygen atoms in total. The molecular weight excluding hydrogens is 284 g/mol. The average Bonchev–Trinajstić information content (AvgIpc) is 2.87. The summed E-state index contributed by atoms with van der Waals surface area (Å²) in [6, 6.07) is 16.2. The van der Waals surface area contributed by atoms with Crippen molar-refractivity contribution in [3.8, 4) is 5.75 Å². The Balaban J connectivity index is 2.08. The van der Waals surface area contributed by atoms with Crippen molar-refractivity contribution in [3.05, 3.63) is 59.9 Å². The van der Waals surface area contributed by atoms with Gasteiger partial charge in [-0.15, -0.1) is 11.6 Å². The highest BCUT2D eigenvalue weighted by molar-refractivity contribution is 6.20. The van der Waals surface area contributed by atoms with Gasteiger partial charge in [0, 0.05) is 6.54 Å². The van der Waals surface area contributed by atoms with Crippen LogP contribution in [0, 0.1) is 0 Å². The Morgan fingerprint density at radius 3 is 2.76 bits per heavy atom. The summed E-state index contributed by atoms with van der Waals surface area (Å²) < 4.78 is 7.46. The van der Waals surface area contributed by atoms with E-state index in [0.717, 1.165) is 34.7 Å². The molecule has 1 unspecified atom stereocenters. The van der Waals surface area contributed by atoms with E-state index in [4.69, 9.17) is 16.3 Å². The van der Waals surface area contributed by atoms with Crippen molar-refractivity contribution in [2.24, 2.45) is 0 Å². The van der Waals surface area contributed by atoms with Crippen LogP contribution in [0.1, 0.15) is 23.7 Å². The Labute approximate surface area is 129 Å². The van der Waals surface area contributed by atoms with Crippen LogP contribution >= 0.6 is 11.6 Å². The smallest absolute Gasteiger partial charge is 0.128 e. The first-order valence-corrected chi connectivity index (χ1v) is 7.35. The summed E-state index contributed by atoms with van der Waals surface area (Å²) >= 11 is 6.30. The Bertz CT molecular complexity index is 764. The molecule has 1 atom stereocenters. The summed E-state index contributed by atoms with van der Waals surface area (Å²) in [4.78, 5) is 4.65. The van der Waals surface area contributed by atoms with E-state index in [0.29, 0.717) is 0 Å². The molecule has 3 rings (SSSR count). The van der Waals surface area contributed by atoms with Crippen LogP contribution in [-0.4, -0.2) is 16.7 Å². The normalized spacial score (nSPS) is 12.5. The van der Waals surface area contributed by atoms with E-state index >= 15 is 0 Å². The van der Waals surface area contributed by atoms with Gasteiger partial charge in [0.2, 0.25) is 0 Å². The summed E-state index contributed by atoms with van der Waals surface area (Å²) in [7, 11) is 1.68. The van der Waals surface area contributed by atoms with Gasteiger partial charge in [0.25, 0.3) is 0 Å². The minimum Gasteiger partial charge on any atom is -0.497 e. The Kier molecular flexibility index (Phi) is 3.84. The van der Waals surface area contributed by atoms with Gasteiger partial charge in [-0.05, 0) is 36.8 Å². The second-order valence-corrected chi connectivity index (χ2v) is 5.67. The Morgan fingerprint density at radius 2 is 2.00 bits per heavy atom. The molecule has 21 heavy (non-hydrogen) atoms. The molecule has 4 heteroatoms. The van der Waals surface area contributed by atoms with Crippen molar-refractivity contribution in [3.63, 3.8) is 0 Å². The van der Waals surface area contributed by atoms with Gasteiger partial charge in [-0.1, -0.05) is 24.3 Å². The number of alkyl halides is 1. The summed E-state index contributed by atoms with van der Waals surface area (Å²) in [6.45, 7) is 2.68. The number of aromatic nitrogens is 2. The Morgan fingerprint density at radius 1 is 1.19 bits per heavy atom. The van der Waals surface area contributed by atoms with Crippen LogP contribution in [0.25, 0.3) is 11.0 Å². The fraction of sp³-hybridized carbons (Fsp3) is 0.235. The molecular formula is C17H17ClN2O. The molecule has 0 spiro atoms. The number of fused-ring (bicyclic) bond motifs is 1. The number of ether oxygens (including phenoxy) is 1. The number of nitrogens with zero attached hydrogens (tertiary/aromatic N) is 2. The molecule has 0 radical (unpaired) electrons. The highest BCUT2D eigenvalue weighted by Gasteiger charge is 2.14. The van der Waals surface area contributed by atoms with Crippen LogP contribution in [0.3, 0.4) is 0 Å². The number of rotatable bonds is 4. The van der Waals surface area contributed by atoms with Crippen molar-refractivity contribution >= 4 is 22.6 Å². The quantitative estimate of drug-likeness (QED) is 0.668. The predicted molar refractivity (Wildman–Crippen MR) is 86.1 cm³/mol. The van der Waals surface area contributed by atoms with Gasteiger partial charge in [-0.2, -0.15) is 0 Å². The SMILES string of the molecule is COc1cccc(Cn2c(C(C)Cl)nc3ccccc32)c1. The number of benzene rings is 2. The van der Waals surface area contributed by atoms with Crippen LogP contribution in [0.15, 0.2) is 48.5 Å². The number of hydrogen-bond acceptors (Lipinski definition) is 2. The van der Waals surface area contributed by atoms with Gasteiger partial charge in [0.05, 0.1) is 23.5 Å². The molecule has 0 aliphatic rings. The average molecular weight is 301 g/mol. The summed E-state index contributed by atoms with van der Waals surface area (Å²) in [5, 5.41) is -0.136. The van der Waals surface area contributed by atoms with Gasteiger partial charge in [-0.25, -0.2) is 4.98 Å². The van der Waals surface area contributed by atoms with Crippen molar-refractivity contribution in [2.75, 3.05) is 7.11 Å². The zero-order valence-corrected chi connectivity index (χ0v) is 12.8. The van der Waals surface area contributed by atoms with E-state index in [1.54, 1.807) is 7.11 Å². The van der Waals surface area contributed by atoms with Gasteiger partial charge in [0.1, 0.15) is 11.6 Å². The minimum atomic E-state index is -0.136. The largest absolute Gasteiger partial charge is 0.497 e. The molecule has 0 bridgehead atoms. The fourth-order valence-electron chi connectivity index (χ4n) is 2.52. The molecule has 0 aliphatic heterocycles. The van der Waals surface area contributed by atoms with Crippen molar-refractivity contribution < 1.29 is 4.74 Å². The lowest BCUT2D eigenvalue weighted by Crippen LogP contribution is -2.05. The monoisotopic (exact) mass is 300 g/mol. The van der Waals surface area contributed by atoms with Crippen LogP contribution in [0.5, 0.6) is 5.75 Å². The molecule has 0 aliphatic carbocycles. The predicted octanol–water partition coefficient (Wildman–Crippen LogP) is 4.39. The topological polar surface area (TPSA) is 27.1 Å². The van der Waals surface area contributed by atoms with Crippen molar-refractivity contribution in [1.82, 2.24) is 9.55 Å². The number of methoxy groups -OCH3 is 1. The van der Waals surface area contributed by atoms with Crippen molar-refractivity contribution in [1.29, 1.82) is 0 Å². The van der Waals surface area contributed by atoms with E-state index in [9.17, 15) is 0 Å². The maximum atomic E-state index is 6.30. The number of para-hydroxylation sites is 2. The van der Waals surface area contributed by atoms with E-state index in [1.165, 1.54) is 0 Å². The van der Waals surface area contributed by atoms with E-state index in [2.05, 4.69) is 21.7 Å². The van der Waals surface area contributed by atoms with Crippen LogP contribution in [0.2, 0.25) is 0 Å². The highest BCUT2D eigenvalue weighted by atomic mass is 35.5. The standard InChI is InChI=1S/C17H17ClN2O/c1-12(18)17-19-15-8-3-4-9-16(15)20(17)11-13-6-5-7-14(10-13)21-2/h3-10,12H,11H2,1-2H3. The summed E-state index contributed by atoms with van der Waals surface area (Å²) in [6.07, 6.45) is 0.